The number of carbonyl (C=O) groups is 1. The number of nitrogens with two attached hydrogens (primary N) is 1. The number of hydrogen-bond donors (Lipinski definition) is 2. The Kier molecular flexibility index (Phi) is 4.20. The first-order valence-corrected chi connectivity index (χ1v) is 6.95. The number of nitrogens with zero attached hydrogens (tertiary/aromatic N) is 5. The molecule has 0 unspecified atom stereocenters. The molecule has 2 aromatic rings. The fraction of sp³-hybridized carbons (Fsp3) is 0.273. The Labute approximate surface area is 120 Å². The molecule has 3 N–H and O–H groups in total. The normalized spacial score (nSPS) is 10.4. The molecule has 0 fully saturated rings. The lowest BCUT2D eigenvalue weighted by Gasteiger charge is -2.07. The van der Waals surface area contributed by atoms with Crippen molar-refractivity contribution in [3.63, 3.8) is 0 Å². The zero-order chi connectivity index (χ0) is 14.7. The zero-order valence-electron chi connectivity index (χ0n) is 11.4. The monoisotopic (exact) mass is 293 g/mol. The second-order valence-corrected chi connectivity index (χ2v) is 4.86. The molecule has 2 heterocycles. The average Bonchev–Trinajstić information content (AvgIpc) is 2.95. The molecule has 0 aliphatic carbocycles. The number of carbonyl (C=O) groups excluding carboxylic acids is 1. The van der Waals surface area contributed by atoms with Crippen LogP contribution in [0.4, 0.5) is 5.82 Å². The Morgan fingerprint density at radius 2 is 2.20 bits per heavy atom. The van der Waals surface area contributed by atoms with Crippen molar-refractivity contribution in [3.05, 3.63) is 24.0 Å². The predicted octanol–water partition coefficient (Wildman–Crippen LogP) is 0.372. The highest BCUT2D eigenvalue weighted by Crippen LogP contribution is 2.16. The minimum Gasteiger partial charge on any atom is -0.343 e. The third kappa shape index (κ3) is 2.89. The van der Waals surface area contributed by atoms with E-state index in [-0.39, 0.29) is 5.91 Å². The van der Waals surface area contributed by atoms with Crippen molar-refractivity contribution in [2.75, 3.05) is 25.8 Å². The van der Waals surface area contributed by atoms with E-state index in [0.29, 0.717) is 22.5 Å². The van der Waals surface area contributed by atoms with E-state index < -0.39 is 0 Å². The molecule has 1 amide bonds. The molecule has 0 spiro atoms. The van der Waals surface area contributed by atoms with Gasteiger partial charge in [-0.1, -0.05) is 11.8 Å². The SMILES string of the molecule is CSc1nc(NN)cc(-n2ccc(C(=O)N(C)C)n2)n1. The Morgan fingerprint density at radius 3 is 2.80 bits per heavy atom. The number of hydrazine groups is 1. The first-order valence-electron chi connectivity index (χ1n) is 5.72. The number of rotatable bonds is 4. The molecule has 20 heavy (non-hydrogen) atoms. The summed E-state index contributed by atoms with van der Waals surface area (Å²) in [6.45, 7) is 0. The molecule has 0 aliphatic rings. The topological polar surface area (TPSA) is 102 Å². The number of anilines is 1. The molecule has 8 nitrogen and oxygen atoms in total. The minimum atomic E-state index is -0.167. The standard InChI is InChI=1S/C11H15N7OS/c1-17(2)10(19)7-4-5-18(16-7)9-6-8(15-12)13-11(14-9)20-3/h4-6H,12H2,1-3H3,(H,13,14,15). The molecule has 0 aliphatic heterocycles. The van der Waals surface area contributed by atoms with Crippen LogP contribution >= 0.6 is 11.8 Å². The number of amides is 1. The van der Waals surface area contributed by atoms with E-state index in [4.69, 9.17) is 5.84 Å². The van der Waals surface area contributed by atoms with Gasteiger partial charge >= 0.3 is 0 Å². The van der Waals surface area contributed by atoms with E-state index in [1.165, 1.54) is 21.3 Å². The summed E-state index contributed by atoms with van der Waals surface area (Å²) in [5.41, 5.74) is 2.83. The third-order valence-electron chi connectivity index (χ3n) is 2.47. The van der Waals surface area contributed by atoms with Crippen molar-refractivity contribution in [3.8, 4) is 5.82 Å². The van der Waals surface area contributed by atoms with Crippen molar-refractivity contribution in [2.24, 2.45) is 5.84 Å². The van der Waals surface area contributed by atoms with Crippen LogP contribution in [0.15, 0.2) is 23.5 Å². The van der Waals surface area contributed by atoms with Crippen molar-refractivity contribution in [2.45, 2.75) is 5.16 Å². The van der Waals surface area contributed by atoms with Gasteiger partial charge in [0, 0.05) is 26.4 Å². The maximum Gasteiger partial charge on any atom is 0.273 e. The summed E-state index contributed by atoms with van der Waals surface area (Å²) in [6, 6.07) is 3.29. The summed E-state index contributed by atoms with van der Waals surface area (Å²) in [5.74, 6) is 6.23. The Morgan fingerprint density at radius 1 is 1.45 bits per heavy atom. The summed E-state index contributed by atoms with van der Waals surface area (Å²) in [4.78, 5) is 21.8. The first-order chi connectivity index (χ1) is 9.55. The van der Waals surface area contributed by atoms with Crippen LogP contribution in [0, 0.1) is 0 Å². The highest BCUT2D eigenvalue weighted by atomic mass is 32.2. The van der Waals surface area contributed by atoms with E-state index in [1.54, 1.807) is 32.4 Å². The molecule has 0 atom stereocenters. The largest absolute Gasteiger partial charge is 0.343 e. The average molecular weight is 293 g/mol. The Hall–Kier alpha value is -2.13. The quantitative estimate of drug-likeness (QED) is 0.363. The molecule has 0 saturated carbocycles. The molecule has 106 valence electrons. The van der Waals surface area contributed by atoms with Gasteiger partial charge in [0.15, 0.2) is 16.7 Å². The van der Waals surface area contributed by atoms with Crippen LogP contribution in [0.2, 0.25) is 0 Å². The van der Waals surface area contributed by atoms with E-state index in [2.05, 4.69) is 20.5 Å². The first kappa shape index (κ1) is 14.3. The lowest BCUT2D eigenvalue weighted by Crippen LogP contribution is -2.22. The fourth-order valence-corrected chi connectivity index (χ4v) is 1.86. The summed E-state index contributed by atoms with van der Waals surface area (Å²) in [7, 11) is 3.35. The molecule has 0 aromatic carbocycles. The van der Waals surface area contributed by atoms with Gasteiger partial charge in [0.1, 0.15) is 5.82 Å². The lowest BCUT2D eigenvalue weighted by molar-refractivity contribution is 0.0821. The second kappa shape index (κ2) is 5.88. The maximum absolute atomic E-state index is 11.8. The number of nitrogens with one attached hydrogen (secondary N) is 1. The van der Waals surface area contributed by atoms with Crippen LogP contribution in [0.3, 0.4) is 0 Å². The Bertz CT molecular complexity index is 603. The van der Waals surface area contributed by atoms with Gasteiger partial charge in [0.25, 0.3) is 5.91 Å². The van der Waals surface area contributed by atoms with Crippen molar-refractivity contribution < 1.29 is 4.79 Å². The van der Waals surface area contributed by atoms with Gasteiger partial charge in [0.05, 0.1) is 0 Å². The van der Waals surface area contributed by atoms with Crippen LogP contribution < -0.4 is 11.3 Å². The van der Waals surface area contributed by atoms with Crippen LogP contribution in [-0.2, 0) is 0 Å². The predicted molar refractivity (Wildman–Crippen MR) is 76.8 cm³/mol. The smallest absolute Gasteiger partial charge is 0.273 e. The Balaban J connectivity index is 2.39. The van der Waals surface area contributed by atoms with E-state index in [9.17, 15) is 4.79 Å². The minimum absolute atomic E-state index is 0.167. The highest BCUT2D eigenvalue weighted by Gasteiger charge is 2.13. The molecule has 2 rings (SSSR count). The van der Waals surface area contributed by atoms with Gasteiger partial charge < -0.3 is 10.3 Å². The number of nitrogen functional groups attached to an aromatic ring is 1. The molecule has 9 heteroatoms. The highest BCUT2D eigenvalue weighted by molar-refractivity contribution is 7.98. The van der Waals surface area contributed by atoms with Gasteiger partial charge in [-0.2, -0.15) is 5.10 Å². The zero-order valence-corrected chi connectivity index (χ0v) is 12.2. The molecule has 2 aromatic heterocycles. The van der Waals surface area contributed by atoms with Crippen LogP contribution in [0.5, 0.6) is 0 Å². The number of thioether (sulfide) groups is 1. The number of aromatic nitrogens is 4. The number of hydrogen-bond acceptors (Lipinski definition) is 7. The van der Waals surface area contributed by atoms with Gasteiger partial charge in [-0.05, 0) is 12.3 Å². The molecule has 0 radical (unpaired) electrons. The van der Waals surface area contributed by atoms with Crippen LogP contribution in [-0.4, -0.2) is 50.9 Å². The third-order valence-corrected chi connectivity index (χ3v) is 3.02. The molecular formula is C11H15N7OS. The van der Waals surface area contributed by atoms with Gasteiger partial charge in [-0.3, -0.25) is 4.79 Å². The van der Waals surface area contributed by atoms with Gasteiger partial charge in [-0.25, -0.2) is 20.5 Å². The molecule has 0 bridgehead atoms. The summed E-state index contributed by atoms with van der Waals surface area (Å²) in [6.07, 6.45) is 3.53. The molecular weight excluding hydrogens is 278 g/mol. The second-order valence-electron chi connectivity index (χ2n) is 4.09. The van der Waals surface area contributed by atoms with Crippen LogP contribution in [0.1, 0.15) is 10.5 Å². The summed E-state index contributed by atoms with van der Waals surface area (Å²) < 4.78 is 1.51. The van der Waals surface area contributed by atoms with E-state index in [1.807, 2.05) is 6.26 Å². The van der Waals surface area contributed by atoms with Crippen molar-refractivity contribution >= 4 is 23.5 Å². The summed E-state index contributed by atoms with van der Waals surface area (Å²) >= 11 is 1.39. The molecule has 0 saturated heterocycles. The lowest BCUT2D eigenvalue weighted by atomic mass is 10.4. The van der Waals surface area contributed by atoms with E-state index in [0.717, 1.165) is 0 Å². The fourth-order valence-electron chi connectivity index (χ4n) is 1.49. The van der Waals surface area contributed by atoms with E-state index >= 15 is 0 Å². The summed E-state index contributed by atoms with van der Waals surface area (Å²) in [5, 5.41) is 4.77. The van der Waals surface area contributed by atoms with Crippen molar-refractivity contribution in [1.82, 2.24) is 24.6 Å². The van der Waals surface area contributed by atoms with Gasteiger partial charge in [-0.15, -0.1) is 0 Å². The van der Waals surface area contributed by atoms with Gasteiger partial charge in [0.2, 0.25) is 0 Å². The van der Waals surface area contributed by atoms with Crippen LogP contribution in [0.25, 0.3) is 5.82 Å². The van der Waals surface area contributed by atoms with Crippen molar-refractivity contribution in [1.29, 1.82) is 0 Å². The maximum atomic E-state index is 11.8.